The number of piperazine rings is 1. The Bertz CT molecular complexity index is 730. The molecule has 1 atom stereocenters. The van der Waals surface area contributed by atoms with Gasteiger partial charge in [-0.15, -0.1) is 0 Å². The van der Waals surface area contributed by atoms with Crippen molar-refractivity contribution in [3.63, 3.8) is 0 Å². The van der Waals surface area contributed by atoms with E-state index in [1.165, 1.54) is 18.2 Å². The molecule has 2 aliphatic heterocycles. The van der Waals surface area contributed by atoms with E-state index < -0.39 is 4.92 Å². The van der Waals surface area contributed by atoms with Gasteiger partial charge >= 0.3 is 0 Å². The number of carbonyl (C=O) groups excluding carboxylic acids is 2. The van der Waals surface area contributed by atoms with Crippen molar-refractivity contribution < 1.29 is 19.2 Å². The fourth-order valence-electron chi connectivity index (χ4n) is 3.24. The number of hydrogen-bond donors (Lipinski definition) is 1. The van der Waals surface area contributed by atoms with Gasteiger partial charge < -0.3 is 15.0 Å². The van der Waals surface area contributed by atoms with Crippen LogP contribution in [-0.2, 0) is 14.3 Å². The predicted octanol–water partition coefficient (Wildman–Crippen LogP) is 1.51. The van der Waals surface area contributed by atoms with Gasteiger partial charge in [0.1, 0.15) is 11.1 Å². The number of halogens is 1. The minimum absolute atomic E-state index is 0.0185. The summed E-state index contributed by atoms with van der Waals surface area (Å²) >= 11 is 5.77. The molecule has 0 bridgehead atoms. The molecule has 0 radical (unpaired) electrons. The van der Waals surface area contributed by atoms with Crippen LogP contribution in [0, 0.1) is 10.1 Å². The Hall–Kier alpha value is -2.23. The molecule has 2 amide bonds. The first-order valence-corrected chi connectivity index (χ1v) is 9.18. The van der Waals surface area contributed by atoms with Crippen LogP contribution in [0.2, 0.25) is 5.02 Å². The molecular weight excluding hydrogens is 376 g/mol. The highest BCUT2D eigenvalue weighted by molar-refractivity contribution is 6.32. The summed E-state index contributed by atoms with van der Waals surface area (Å²) in [6.45, 7) is 3.08. The minimum Gasteiger partial charge on any atom is -0.368 e. The molecule has 146 valence electrons. The van der Waals surface area contributed by atoms with Gasteiger partial charge in [0.15, 0.2) is 0 Å². The number of anilines is 1. The molecule has 0 aliphatic carbocycles. The lowest BCUT2D eigenvalue weighted by Gasteiger charge is -2.35. The zero-order chi connectivity index (χ0) is 19.4. The van der Waals surface area contributed by atoms with Crippen LogP contribution in [0.25, 0.3) is 0 Å². The average molecular weight is 397 g/mol. The molecule has 2 heterocycles. The van der Waals surface area contributed by atoms with E-state index in [2.05, 4.69) is 5.32 Å². The number of hydrogen-bond acceptors (Lipinski definition) is 6. The van der Waals surface area contributed by atoms with Crippen molar-refractivity contribution in [2.45, 2.75) is 18.9 Å². The van der Waals surface area contributed by atoms with Crippen LogP contribution in [0.1, 0.15) is 12.8 Å². The Morgan fingerprint density at radius 2 is 2.04 bits per heavy atom. The maximum Gasteiger partial charge on any atom is 0.289 e. The molecule has 27 heavy (non-hydrogen) atoms. The maximum atomic E-state index is 12.3. The Kier molecular flexibility index (Phi) is 6.25. The second-order valence-corrected chi connectivity index (χ2v) is 6.98. The summed E-state index contributed by atoms with van der Waals surface area (Å²) in [5, 5.41) is 13.6. The normalized spacial score (nSPS) is 20.5. The molecule has 1 unspecified atom stereocenters. The average Bonchev–Trinajstić information content (AvgIpc) is 3.18. The zero-order valence-electron chi connectivity index (χ0n) is 14.7. The molecule has 2 aliphatic rings. The third kappa shape index (κ3) is 4.94. The molecule has 9 nitrogen and oxygen atoms in total. The quantitative estimate of drug-likeness (QED) is 0.597. The van der Waals surface area contributed by atoms with Gasteiger partial charge in [0.05, 0.1) is 11.5 Å². The number of nitro groups is 1. The lowest BCUT2D eigenvalue weighted by molar-refractivity contribution is -0.384. The van der Waals surface area contributed by atoms with Crippen molar-refractivity contribution in [3.05, 3.63) is 33.3 Å². The zero-order valence-corrected chi connectivity index (χ0v) is 15.5. The van der Waals surface area contributed by atoms with Crippen LogP contribution in [0.4, 0.5) is 11.4 Å². The first kappa shape index (κ1) is 19.5. The summed E-state index contributed by atoms with van der Waals surface area (Å²) in [7, 11) is 0. The van der Waals surface area contributed by atoms with Crippen molar-refractivity contribution in [2.24, 2.45) is 0 Å². The van der Waals surface area contributed by atoms with Crippen molar-refractivity contribution in [2.75, 3.05) is 44.6 Å². The number of carbonyl (C=O) groups is 2. The van der Waals surface area contributed by atoms with E-state index in [1.807, 2.05) is 4.90 Å². The lowest BCUT2D eigenvalue weighted by Crippen LogP contribution is -2.52. The van der Waals surface area contributed by atoms with Crippen LogP contribution >= 0.6 is 11.6 Å². The van der Waals surface area contributed by atoms with Crippen LogP contribution in [-0.4, -0.2) is 72.0 Å². The smallest absolute Gasteiger partial charge is 0.289 e. The lowest BCUT2D eigenvalue weighted by atomic mass is 10.2. The molecule has 2 fully saturated rings. The summed E-state index contributed by atoms with van der Waals surface area (Å²) in [6, 6.07) is 4.13. The van der Waals surface area contributed by atoms with E-state index in [4.69, 9.17) is 16.3 Å². The van der Waals surface area contributed by atoms with Crippen LogP contribution < -0.4 is 5.32 Å². The molecule has 1 aromatic rings. The molecule has 0 aromatic heterocycles. The maximum absolute atomic E-state index is 12.3. The van der Waals surface area contributed by atoms with Gasteiger partial charge in [-0.25, -0.2) is 0 Å². The third-order valence-electron chi connectivity index (χ3n) is 4.68. The summed E-state index contributed by atoms with van der Waals surface area (Å²) < 4.78 is 5.43. The van der Waals surface area contributed by atoms with Crippen molar-refractivity contribution in [1.29, 1.82) is 0 Å². The van der Waals surface area contributed by atoms with E-state index in [-0.39, 0.29) is 35.2 Å². The van der Waals surface area contributed by atoms with E-state index in [1.54, 1.807) is 4.90 Å². The summed E-state index contributed by atoms with van der Waals surface area (Å²) in [5.41, 5.74) is 0.0685. The van der Waals surface area contributed by atoms with Gasteiger partial charge in [-0.2, -0.15) is 0 Å². The number of amides is 2. The minimum atomic E-state index is -0.595. The highest BCUT2D eigenvalue weighted by Gasteiger charge is 2.30. The van der Waals surface area contributed by atoms with Gasteiger partial charge in [-0.3, -0.25) is 24.6 Å². The van der Waals surface area contributed by atoms with Gasteiger partial charge in [-0.05, 0) is 25.0 Å². The van der Waals surface area contributed by atoms with E-state index in [0.29, 0.717) is 38.5 Å². The van der Waals surface area contributed by atoms with Gasteiger partial charge in [-0.1, -0.05) is 11.6 Å². The summed E-state index contributed by atoms with van der Waals surface area (Å²) in [4.78, 5) is 38.6. The van der Waals surface area contributed by atoms with Gasteiger partial charge in [0.2, 0.25) is 5.91 Å². The van der Waals surface area contributed by atoms with Gasteiger partial charge in [0.25, 0.3) is 11.6 Å². The highest BCUT2D eigenvalue weighted by Crippen LogP contribution is 2.27. The molecular formula is C17H21ClN4O5. The van der Waals surface area contributed by atoms with E-state index >= 15 is 0 Å². The number of nitrogens with one attached hydrogen (secondary N) is 1. The third-order valence-corrected chi connectivity index (χ3v) is 5.00. The number of nitrogens with zero attached hydrogens (tertiary/aromatic N) is 3. The highest BCUT2D eigenvalue weighted by atomic mass is 35.5. The number of benzene rings is 1. The topological polar surface area (TPSA) is 105 Å². The molecule has 1 aromatic carbocycles. The largest absolute Gasteiger partial charge is 0.368 e. The number of ether oxygens (including phenoxy) is 1. The molecule has 10 heteroatoms. The SMILES string of the molecule is O=C(CN1CCN(C(=O)C2CCCO2)CC1)Nc1ccc(Cl)c([N+](=O)[O-])c1. The van der Waals surface area contributed by atoms with Crippen molar-refractivity contribution in [1.82, 2.24) is 9.80 Å². The predicted molar refractivity (Wildman–Crippen MR) is 98.7 cm³/mol. The van der Waals surface area contributed by atoms with E-state index in [9.17, 15) is 19.7 Å². The standard InChI is InChI=1S/C17H21ClN4O5/c18-13-4-3-12(10-14(13)22(25)26)19-16(23)11-20-5-7-21(8-6-20)17(24)15-2-1-9-27-15/h3-4,10,15H,1-2,5-9,11H2,(H,19,23). The van der Waals surface area contributed by atoms with Crippen LogP contribution in [0.15, 0.2) is 18.2 Å². The summed E-state index contributed by atoms with van der Waals surface area (Å²) in [6.07, 6.45) is 1.37. The van der Waals surface area contributed by atoms with E-state index in [0.717, 1.165) is 12.8 Å². The molecule has 0 spiro atoms. The Morgan fingerprint density at radius 3 is 2.67 bits per heavy atom. The summed E-state index contributed by atoms with van der Waals surface area (Å²) in [5.74, 6) is -0.240. The van der Waals surface area contributed by atoms with Crippen LogP contribution in [0.3, 0.4) is 0 Å². The number of rotatable bonds is 5. The molecule has 3 rings (SSSR count). The fourth-order valence-corrected chi connectivity index (χ4v) is 3.42. The first-order chi connectivity index (χ1) is 12.9. The molecule has 1 N–H and O–H groups in total. The fraction of sp³-hybridized carbons (Fsp3) is 0.529. The Morgan fingerprint density at radius 1 is 1.30 bits per heavy atom. The Balaban J connectivity index is 1.47. The van der Waals surface area contributed by atoms with Crippen molar-refractivity contribution in [3.8, 4) is 0 Å². The van der Waals surface area contributed by atoms with Crippen molar-refractivity contribution >= 4 is 34.8 Å². The Labute approximate surface area is 161 Å². The monoisotopic (exact) mass is 396 g/mol. The van der Waals surface area contributed by atoms with Gasteiger partial charge in [0, 0.05) is 44.5 Å². The first-order valence-electron chi connectivity index (χ1n) is 8.80. The second-order valence-electron chi connectivity index (χ2n) is 6.57. The van der Waals surface area contributed by atoms with Crippen LogP contribution in [0.5, 0.6) is 0 Å². The number of nitro benzene ring substituents is 1. The second kappa shape index (κ2) is 8.64. The molecule has 0 saturated carbocycles. The molecule has 2 saturated heterocycles.